The van der Waals surface area contributed by atoms with Gasteiger partial charge in [-0.1, -0.05) is 0 Å². The van der Waals surface area contributed by atoms with E-state index in [-0.39, 0.29) is 5.56 Å². The average Bonchev–Trinajstić information content (AvgIpc) is 2.44. The minimum absolute atomic E-state index is 0.124. The van der Waals surface area contributed by atoms with Crippen LogP contribution in [0.5, 0.6) is 0 Å². The van der Waals surface area contributed by atoms with Crippen LogP contribution in [0.4, 0.5) is 24.5 Å². The number of carbonyl (C=O) groups excluding carboxylic acids is 1. The second kappa shape index (κ2) is 5.60. The fourth-order valence-electron chi connectivity index (χ4n) is 1.63. The highest BCUT2D eigenvalue weighted by Crippen LogP contribution is 2.21. The van der Waals surface area contributed by atoms with Gasteiger partial charge in [0.1, 0.15) is 5.82 Å². The van der Waals surface area contributed by atoms with Gasteiger partial charge in [0.15, 0.2) is 11.6 Å². The molecule has 0 aliphatic heterocycles. The van der Waals surface area contributed by atoms with E-state index >= 15 is 0 Å². The second-order valence-corrected chi connectivity index (χ2v) is 3.87. The zero-order valence-electron chi connectivity index (χ0n) is 10.4. The normalized spacial score (nSPS) is 10.2. The van der Waals surface area contributed by atoms with Gasteiger partial charge in [0, 0.05) is 37.3 Å². The first-order valence-corrected chi connectivity index (χ1v) is 5.60. The molecule has 2 rings (SSSR count). The maximum Gasteiger partial charge on any atom is 0.259 e. The Morgan fingerprint density at radius 1 is 1.20 bits per heavy atom. The molecule has 1 heterocycles. The van der Waals surface area contributed by atoms with Crippen molar-refractivity contribution >= 4 is 17.3 Å². The Kier molecular flexibility index (Phi) is 3.88. The monoisotopic (exact) mass is 281 g/mol. The number of hydrogen-bond donors (Lipinski definition) is 2. The first kappa shape index (κ1) is 13.9. The second-order valence-electron chi connectivity index (χ2n) is 3.87. The summed E-state index contributed by atoms with van der Waals surface area (Å²) in [6, 6.07) is 2.64. The molecule has 2 N–H and O–H groups in total. The van der Waals surface area contributed by atoms with Crippen LogP contribution in [-0.2, 0) is 0 Å². The predicted molar refractivity (Wildman–Crippen MR) is 68.1 cm³/mol. The highest BCUT2D eigenvalue weighted by Gasteiger charge is 2.16. The van der Waals surface area contributed by atoms with Crippen molar-refractivity contribution in [3.63, 3.8) is 0 Å². The number of hydrogen-bond acceptors (Lipinski definition) is 3. The first-order valence-electron chi connectivity index (χ1n) is 5.60. The highest BCUT2D eigenvalue weighted by molar-refractivity contribution is 6.07. The molecule has 0 saturated heterocycles. The van der Waals surface area contributed by atoms with Crippen molar-refractivity contribution < 1.29 is 18.0 Å². The number of amides is 1. The molecule has 1 amide bonds. The molecule has 0 radical (unpaired) electrons. The minimum Gasteiger partial charge on any atom is -0.387 e. The lowest BCUT2D eigenvalue weighted by atomic mass is 10.2. The van der Waals surface area contributed by atoms with Gasteiger partial charge in [0.05, 0.1) is 11.3 Å². The van der Waals surface area contributed by atoms with Gasteiger partial charge in [-0.05, 0) is 6.07 Å². The Bertz CT molecular complexity index is 661. The van der Waals surface area contributed by atoms with E-state index in [1.54, 1.807) is 7.05 Å². The molecule has 0 bridgehead atoms. The molecule has 2 aromatic rings. The zero-order valence-corrected chi connectivity index (χ0v) is 10.4. The summed E-state index contributed by atoms with van der Waals surface area (Å²) >= 11 is 0. The van der Waals surface area contributed by atoms with Gasteiger partial charge in [0.25, 0.3) is 5.91 Å². The van der Waals surface area contributed by atoms with Gasteiger partial charge in [0.2, 0.25) is 0 Å². The van der Waals surface area contributed by atoms with Gasteiger partial charge < -0.3 is 10.6 Å². The van der Waals surface area contributed by atoms with Crippen LogP contribution in [0.2, 0.25) is 0 Å². The molecular formula is C13H10F3N3O. The lowest BCUT2D eigenvalue weighted by Crippen LogP contribution is -2.16. The van der Waals surface area contributed by atoms with Crippen LogP contribution in [0.1, 0.15) is 10.4 Å². The van der Waals surface area contributed by atoms with Gasteiger partial charge in [-0.25, -0.2) is 13.2 Å². The minimum atomic E-state index is -1.37. The van der Waals surface area contributed by atoms with E-state index in [9.17, 15) is 18.0 Å². The summed E-state index contributed by atoms with van der Waals surface area (Å²) in [7, 11) is 1.59. The summed E-state index contributed by atoms with van der Waals surface area (Å²) in [5, 5.41) is 4.87. The number of pyridine rings is 1. The van der Waals surface area contributed by atoms with Gasteiger partial charge in [-0.15, -0.1) is 0 Å². The van der Waals surface area contributed by atoms with Gasteiger partial charge in [-0.2, -0.15) is 0 Å². The van der Waals surface area contributed by atoms with E-state index in [0.29, 0.717) is 17.8 Å². The molecule has 0 aliphatic carbocycles. The summed E-state index contributed by atoms with van der Waals surface area (Å²) in [5.74, 6) is -4.42. The predicted octanol–water partition coefficient (Wildman–Crippen LogP) is 2.79. The van der Waals surface area contributed by atoms with Gasteiger partial charge in [-0.3, -0.25) is 9.78 Å². The van der Waals surface area contributed by atoms with Crippen LogP contribution in [-0.4, -0.2) is 17.9 Å². The van der Waals surface area contributed by atoms with E-state index < -0.39 is 29.0 Å². The lowest BCUT2D eigenvalue weighted by Gasteiger charge is -2.10. The van der Waals surface area contributed by atoms with Crippen LogP contribution < -0.4 is 10.6 Å². The van der Waals surface area contributed by atoms with Crippen molar-refractivity contribution in [1.29, 1.82) is 0 Å². The largest absolute Gasteiger partial charge is 0.387 e. The molecule has 0 unspecified atom stereocenters. The quantitative estimate of drug-likeness (QED) is 0.851. The molecule has 0 saturated carbocycles. The number of aromatic nitrogens is 1. The molecule has 0 fully saturated rings. The molecule has 1 aromatic heterocycles. The number of benzene rings is 1. The standard InChI is InChI=1S/C13H10F3N3O/c1-17-10-2-3-18-6-8(10)13(20)19-11-5-7(14)4-9(15)12(11)16/h2-6H,1H3,(H,17,18)(H,19,20). The van der Waals surface area contributed by atoms with Crippen molar-refractivity contribution in [2.24, 2.45) is 0 Å². The van der Waals surface area contributed by atoms with Crippen LogP contribution in [0.3, 0.4) is 0 Å². The van der Waals surface area contributed by atoms with Crippen LogP contribution >= 0.6 is 0 Å². The third-order valence-corrected chi connectivity index (χ3v) is 2.58. The Hall–Kier alpha value is -2.57. The number of halogens is 3. The molecule has 7 heteroatoms. The maximum absolute atomic E-state index is 13.5. The molecule has 104 valence electrons. The smallest absolute Gasteiger partial charge is 0.259 e. The molecular weight excluding hydrogens is 271 g/mol. The van der Waals surface area contributed by atoms with Gasteiger partial charge >= 0.3 is 0 Å². The van der Waals surface area contributed by atoms with E-state index in [1.807, 2.05) is 0 Å². The molecule has 0 atom stereocenters. The summed E-state index contributed by atoms with van der Waals surface area (Å²) in [4.78, 5) is 15.7. The fraction of sp³-hybridized carbons (Fsp3) is 0.0769. The summed E-state index contributed by atoms with van der Waals surface area (Å²) in [5.41, 5.74) is 0.00672. The fourth-order valence-corrected chi connectivity index (χ4v) is 1.63. The van der Waals surface area contributed by atoms with E-state index in [1.165, 1.54) is 18.5 Å². The SMILES string of the molecule is CNc1ccncc1C(=O)Nc1cc(F)cc(F)c1F. The maximum atomic E-state index is 13.5. The third-order valence-electron chi connectivity index (χ3n) is 2.58. The van der Waals surface area contributed by atoms with E-state index in [4.69, 9.17) is 0 Å². The number of nitrogens with one attached hydrogen (secondary N) is 2. The Labute approximate surface area is 112 Å². The number of anilines is 2. The lowest BCUT2D eigenvalue weighted by molar-refractivity contribution is 0.102. The van der Waals surface area contributed by atoms with Crippen LogP contribution in [0.15, 0.2) is 30.6 Å². The molecule has 4 nitrogen and oxygen atoms in total. The number of rotatable bonds is 3. The van der Waals surface area contributed by atoms with Crippen LogP contribution in [0.25, 0.3) is 0 Å². The van der Waals surface area contributed by atoms with E-state index in [0.717, 1.165) is 0 Å². The van der Waals surface area contributed by atoms with Crippen molar-refractivity contribution in [2.45, 2.75) is 0 Å². The molecule has 0 aliphatic rings. The summed E-state index contributed by atoms with van der Waals surface area (Å²) < 4.78 is 39.5. The molecule has 1 aromatic carbocycles. The number of nitrogens with zero attached hydrogens (tertiary/aromatic N) is 1. The Morgan fingerprint density at radius 3 is 2.65 bits per heavy atom. The van der Waals surface area contributed by atoms with Crippen molar-refractivity contribution in [3.05, 3.63) is 53.6 Å². The number of carbonyl (C=O) groups is 1. The topological polar surface area (TPSA) is 54.0 Å². The Morgan fingerprint density at radius 2 is 1.95 bits per heavy atom. The zero-order chi connectivity index (χ0) is 14.7. The molecule has 0 spiro atoms. The van der Waals surface area contributed by atoms with E-state index in [2.05, 4.69) is 15.6 Å². The van der Waals surface area contributed by atoms with Crippen molar-refractivity contribution in [3.8, 4) is 0 Å². The average molecular weight is 281 g/mol. The summed E-state index contributed by atoms with van der Waals surface area (Å²) in [6.45, 7) is 0. The van der Waals surface area contributed by atoms with Crippen molar-refractivity contribution in [1.82, 2.24) is 4.98 Å². The van der Waals surface area contributed by atoms with Crippen LogP contribution in [0, 0.1) is 17.5 Å². The first-order chi connectivity index (χ1) is 9.52. The highest BCUT2D eigenvalue weighted by atomic mass is 19.2. The Balaban J connectivity index is 2.33. The summed E-state index contributed by atoms with van der Waals surface area (Å²) in [6.07, 6.45) is 2.72. The molecule has 20 heavy (non-hydrogen) atoms. The third kappa shape index (κ3) is 2.71. The van der Waals surface area contributed by atoms with Crippen molar-refractivity contribution in [2.75, 3.05) is 17.7 Å².